The molecule has 0 aliphatic carbocycles. The Balaban J connectivity index is 1.23. The van der Waals surface area contributed by atoms with Gasteiger partial charge in [0.25, 0.3) is 0 Å². The van der Waals surface area contributed by atoms with Crippen molar-refractivity contribution in [2.24, 2.45) is 0 Å². The topological polar surface area (TPSA) is 245 Å². The number of hydrogen-bond acceptors (Lipinski definition) is 17. The van der Waals surface area contributed by atoms with E-state index in [9.17, 15) is 24.3 Å². The summed E-state index contributed by atoms with van der Waals surface area (Å²) in [5.41, 5.74) is -0.869. The van der Waals surface area contributed by atoms with Gasteiger partial charge in [0.2, 0.25) is 11.8 Å². The summed E-state index contributed by atoms with van der Waals surface area (Å²) in [4.78, 5) is 53.6. The first-order valence-electron chi connectivity index (χ1n) is 19.8. The zero-order chi connectivity index (χ0) is 43.4. The maximum Gasteiger partial charge on any atom is 0.407 e. The van der Waals surface area contributed by atoms with Crippen molar-refractivity contribution >= 4 is 23.9 Å². The number of methoxy groups -OCH3 is 3. The van der Waals surface area contributed by atoms with Gasteiger partial charge < -0.3 is 82.6 Å². The van der Waals surface area contributed by atoms with E-state index in [1.54, 1.807) is 62.3 Å². The number of carboxylic acid groups (broad SMARTS) is 1. The zero-order valence-corrected chi connectivity index (χ0v) is 35.7. The van der Waals surface area contributed by atoms with Gasteiger partial charge in [-0.3, -0.25) is 14.4 Å². The normalized spacial score (nSPS) is 37.8. The fourth-order valence-corrected chi connectivity index (χ4v) is 8.61. The molecule has 6 rings (SSSR count). The number of hydrogen-bond donors (Lipinski definition) is 4. The standard InChI is InChI=1S/C38H61N3O18/c1-35(2,3)59-34(46)41-17(23-26(48-11)29-32(51-23)57-37(6,7)54-29)14-20(43)39-16(22-25(47-10)28-31(50-22)56-36(4,5)53-28)13-19(42)40-18(15-21(44)45)24-27(49-12)30-33(52-24)58-38(8,9)55-30/h16-18,22-33H,13-15H2,1-12H3,(H,39,43)(H,40,42)(H,41,46)(H,44,45)/t16-,17-,18-,22+,23+,24+,25-,26-,27-,28+,29+,30+,31+,32+,33+/m0/s1. The van der Waals surface area contributed by atoms with Crippen LogP contribution in [0.1, 0.15) is 81.6 Å². The third-order valence-electron chi connectivity index (χ3n) is 10.7. The van der Waals surface area contributed by atoms with Gasteiger partial charge in [-0.2, -0.15) is 0 Å². The molecule has 6 aliphatic rings. The van der Waals surface area contributed by atoms with Gasteiger partial charge in [0.1, 0.15) is 60.5 Å². The lowest BCUT2D eigenvalue weighted by atomic mass is 9.97. The molecule has 0 bridgehead atoms. The molecule has 0 spiro atoms. The van der Waals surface area contributed by atoms with Crippen LogP contribution >= 0.6 is 0 Å². The maximum absolute atomic E-state index is 14.2. The third kappa shape index (κ3) is 10.5. The molecule has 0 aromatic rings. The van der Waals surface area contributed by atoms with Gasteiger partial charge in [0, 0.05) is 34.2 Å². The van der Waals surface area contributed by atoms with E-state index in [0.717, 1.165) is 0 Å². The first-order valence-corrected chi connectivity index (χ1v) is 19.8. The average molecular weight is 848 g/mol. The molecule has 0 radical (unpaired) electrons. The van der Waals surface area contributed by atoms with E-state index in [2.05, 4.69) is 16.0 Å². The van der Waals surface area contributed by atoms with Crippen LogP contribution in [0.2, 0.25) is 0 Å². The van der Waals surface area contributed by atoms with Gasteiger partial charge in [-0.25, -0.2) is 4.79 Å². The third-order valence-corrected chi connectivity index (χ3v) is 10.7. The summed E-state index contributed by atoms with van der Waals surface area (Å²) in [7, 11) is 4.33. The fourth-order valence-electron chi connectivity index (χ4n) is 8.61. The highest BCUT2D eigenvalue weighted by atomic mass is 16.9. The molecular formula is C38H61N3O18. The predicted molar refractivity (Wildman–Crippen MR) is 197 cm³/mol. The Morgan fingerprint density at radius 2 is 0.881 bits per heavy atom. The number of ether oxygens (including phenoxy) is 13. The number of nitrogens with one attached hydrogen (secondary N) is 3. The van der Waals surface area contributed by atoms with E-state index in [1.165, 1.54) is 21.3 Å². The molecular weight excluding hydrogens is 786 g/mol. The lowest BCUT2D eigenvalue weighted by molar-refractivity contribution is -0.221. The van der Waals surface area contributed by atoms with E-state index >= 15 is 0 Å². The highest BCUT2D eigenvalue weighted by Crippen LogP contribution is 2.43. The summed E-state index contributed by atoms with van der Waals surface area (Å²) in [6.07, 6.45) is -12.2. The van der Waals surface area contributed by atoms with Crippen molar-refractivity contribution in [1.29, 1.82) is 0 Å². The molecule has 21 nitrogen and oxygen atoms in total. The number of fused-ring (bicyclic) bond motifs is 3. The van der Waals surface area contributed by atoms with Crippen molar-refractivity contribution in [2.75, 3.05) is 21.3 Å². The van der Waals surface area contributed by atoms with Gasteiger partial charge >= 0.3 is 12.1 Å². The molecule has 0 saturated carbocycles. The predicted octanol–water partition coefficient (Wildman–Crippen LogP) is 0.778. The number of aliphatic carboxylic acids is 1. The van der Waals surface area contributed by atoms with Crippen LogP contribution < -0.4 is 16.0 Å². The lowest BCUT2D eigenvalue weighted by Crippen LogP contribution is -2.56. The Bertz CT molecular complexity index is 1560. The number of carbonyl (C=O) groups is 4. The fraction of sp³-hybridized carbons (Fsp3) is 0.895. The van der Waals surface area contributed by atoms with Crippen molar-refractivity contribution in [1.82, 2.24) is 16.0 Å². The molecule has 15 atom stereocenters. The minimum Gasteiger partial charge on any atom is -0.481 e. The van der Waals surface area contributed by atoms with Crippen molar-refractivity contribution in [3.05, 3.63) is 0 Å². The number of carbonyl (C=O) groups excluding carboxylic acids is 3. The minimum atomic E-state index is -1.21. The smallest absolute Gasteiger partial charge is 0.407 e. The molecule has 6 heterocycles. The number of rotatable bonds is 15. The number of carboxylic acids is 1. The SMILES string of the molecule is CO[C@@H]1[C@H]2OC(C)(C)O[C@H]2O[C@@H]1[C@H](CC(=O)O)NC(=O)C[C@H](NC(=O)C[C@H](NC(=O)OC(C)(C)C)[C@H]1O[C@@H]2OC(C)(C)O[C@@H]2[C@H]1OC)[C@H]1O[C@@H]2OC(C)(C)O[C@@H]2[C@H]1OC. The minimum absolute atomic E-state index is 0.395. The molecule has 0 aromatic carbocycles. The first kappa shape index (κ1) is 45.7. The highest BCUT2D eigenvalue weighted by Gasteiger charge is 2.60. The lowest BCUT2D eigenvalue weighted by Gasteiger charge is -2.33. The average Bonchev–Trinajstić information content (AvgIpc) is 3.89. The Morgan fingerprint density at radius 1 is 0.559 bits per heavy atom. The van der Waals surface area contributed by atoms with Crippen molar-refractivity contribution in [2.45, 2.75) is 196 Å². The van der Waals surface area contributed by atoms with E-state index in [0.29, 0.717) is 0 Å². The van der Waals surface area contributed by atoms with Crippen LogP contribution in [0.4, 0.5) is 4.79 Å². The van der Waals surface area contributed by atoms with Crippen LogP contribution in [0.3, 0.4) is 0 Å². The Labute approximate surface area is 343 Å². The Hall–Kier alpha value is -2.80. The molecule has 0 aromatic heterocycles. The van der Waals surface area contributed by atoms with E-state index in [-0.39, 0.29) is 0 Å². The molecule has 3 amide bonds. The van der Waals surface area contributed by atoms with Crippen molar-refractivity contribution in [3.8, 4) is 0 Å². The molecule has 336 valence electrons. The zero-order valence-electron chi connectivity index (χ0n) is 35.7. The van der Waals surface area contributed by atoms with E-state index < -0.39 is 158 Å². The summed E-state index contributed by atoms with van der Waals surface area (Å²) in [5, 5.41) is 18.3. The summed E-state index contributed by atoms with van der Waals surface area (Å²) in [6.45, 7) is 15.4. The van der Waals surface area contributed by atoms with Gasteiger partial charge in [-0.1, -0.05) is 0 Å². The van der Waals surface area contributed by atoms with E-state index in [4.69, 9.17) is 61.6 Å². The second kappa shape index (κ2) is 17.2. The first-order chi connectivity index (χ1) is 27.4. The Kier molecular flexibility index (Phi) is 13.3. The second-order valence-corrected chi connectivity index (χ2v) is 17.9. The van der Waals surface area contributed by atoms with Crippen molar-refractivity contribution < 1.29 is 85.9 Å². The Morgan fingerprint density at radius 3 is 1.19 bits per heavy atom. The van der Waals surface area contributed by atoms with Crippen LogP contribution in [-0.2, 0) is 76.0 Å². The van der Waals surface area contributed by atoms with Gasteiger partial charge in [-0.05, 0) is 62.3 Å². The quantitative estimate of drug-likeness (QED) is 0.178. The number of alkyl carbamates (subject to hydrolysis) is 1. The largest absolute Gasteiger partial charge is 0.481 e. The van der Waals surface area contributed by atoms with Crippen LogP contribution in [0.5, 0.6) is 0 Å². The summed E-state index contributed by atoms with van der Waals surface area (Å²) in [6, 6.07) is -3.29. The molecule has 6 saturated heterocycles. The monoisotopic (exact) mass is 847 g/mol. The molecule has 21 heteroatoms. The molecule has 0 unspecified atom stereocenters. The van der Waals surface area contributed by atoms with Crippen LogP contribution in [0.25, 0.3) is 0 Å². The number of amides is 3. The van der Waals surface area contributed by atoms with Gasteiger partial charge in [-0.15, -0.1) is 0 Å². The van der Waals surface area contributed by atoms with Crippen LogP contribution in [-0.4, -0.2) is 165 Å². The summed E-state index contributed by atoms with van der Waals surface area (Å²) in [5.74, 6) is -5.45. The maximum atomic E-state index is 14.2. The second-order valence-electron chi connectivity index (χ2n) is 17.9. The molecule has 6 fully saturated rings. The van der Waals surface area contributed by atoms with Crippen LogP contribution in [0, 0.1) is 0 Å². The highest BCUT2D eigenvalue weighted by molar-refractivity contribution is 5.81. The molecule has 59 heavy (non-hydrogen) atoms. The summed E-state index contributed by atoms with van der Waals surface area (Å²) < 4.78 is 77.3. The van der Waals surface area contributed by atoms with E-state index in [1.807, 2.05) is 0 Å². The van der Waals surface area contributed by atoms with Gasteiger partial charge in [0.05, 0.1) is 24.5 Å². The summed E-state index contributed by atoms with van der Waals surface area (Å²) >= 11 is 0. The van der Waals surface area contributed by atoms with Crippen molar-refractivity contribution in [3.63, 3.8) is 0 Å². The van der Waals surface area contributed by atoms with Gasteiger partial charge in [0.15, 0.2) is 36.2 Å². The molecule has 4 N–H and O–H groups in total. The van der Waals surface area contributed by atoms with Crippen LogP contribution in [0.15, 0.2) is 0 Å². The molecule has 6 aliphatic heterocycles.